The molecule has 0 amide bonds. The maximum atomic E-state index is 5.65. The summed E-state index contributed by atoms with van der Waals surface area (Å²) in [6.45, 7) is 8.29. The Morgan fingerprint density at radius 2 is 2.29 bits per heavy atom. The maximum Gasteiger partial charge on any atom is 0.211 e. The number of aromatic nitrogens is 1. The molecular weight excluding hydrogens is 214 g/mol. The van der Waals surface area contributed by atoms with Gasteiger partial charge in [-0.3, -0.25) is 4.90 Å². The van der Waals surface area contributed by atoms with Crippen molar-refractivity contribution in [1.29, 1.82) is 0 Å². The van der Waals surface area contributed by atoms with Crippen LogP contribution < -0.4 is 5.73 Å². The Bertz CT molecular complexity index is 361. The minimum Gasteiger partial charge on any atom is -0.447 e. The highest BCUT2D eigenvalue weighted by atomic mass is 16.3. The molecule has 0 radical (unpaired) electrons. The van der Waals surface area contributed by atoms with Gasteiger partial charge in [0.15, 0.2) is 0 Å². The first-order chi connectivity index (χ1) is 8.13. The van der Waals surface area contributed by atoms with E-state index in [1.807, 2.05) is 0 Å². The summed E-state index contributed by atoms with van der Waals surface area (Å²) in [7, 11) is 0. The Balaban J connectivity index is 2.14. The van der Waals surface area contributed by atoms with Crippen molar-refractivity contribution < 1.29 is 4.42 Å². The SMILES string of the molecule is CC(CN)c1coc(C2CCCN2C(C)C)n1. The quantitative estimate of drug-likeness (QED) is 0.873. The first-order valence-corrected chi connectivity index (χ1v) is 6.54. The Hall–Kier alpha value is -0.870. The van der Waals surface area contributed by atoms with Gasteiger partial charge in [0, 0.05) is 18.5 Å². The zero-order valence-electron chi connectivity index (χ0n) is 11.0. The molecule has 4 nitrogen and oxygen atoms in total. The summed E-state index contributed by atoms with van der Waals surface area (Å²) in [5.74, 6) is 1.15. The summed E-state index contributed by atoms with van der Waals surface area (Å²) in [5, 5.41) is 0. The molecule has 1 saturated heterocycles. The fourth-order valence-corrected chi connectivity index (χ4v) is 2.47. The second-order valence-corrected chi connectivity index (χ2v) is 5.24. The lowest BCUT2D eigenvalue weighted by molar-refractivity contribution is 0.179. The average Bonchev–Trinajstić information content (AvgIpc) is 2.95. The Morgan fingerprint density at radius 1 is 1.53 bits per heavy atom. The van der Waals surface area contributed by atoms with Crippen LogP contribution in [0.3, 0.4) is 0 Å². The van der Waals surface area contributed by atoms with E-state index in [1.165, 1.54) is 6.42 Å². The molecule has 0 aromatic carbocycles. The van der Waals surface area contributed by atoms with Gasteiger partial charge >= 0.3 is 0 Å². The molecule has 0 saturated carbocycles. The van der Waals surface area contributed by atoms with E-state index in [-0.39, 0.29) is 5.92 Å². The van der Waals surface area contributed by atoms with E-state index in [4.69, 9.17) is 10.2 Å². The average molecular weight is 237 g/mol. The number of hydrogen-bond acceptors (Lipinski definition) is 4. The number of nitrogens with zero attached hydrogens (tertiary/aromatic N) is 2. The summed E-state index contributed by atoms with van der Waals surface area (Å²) in [6.07, 6.45) is 4.14. The van der Waals surface area contributed by atoms with Crippen LogP contribution >= 0.6 is 0 Å². The second kappa shape index (κ2) is 5.19. The van der Waals surface area contributed by atoms with E-state index < -0.39 is 0 Å². The minimum absolute atomic E-state index is 0.279. The van der Waals surface area contributed by atoms with Crippen LogP contribution in [0.15, 0.2) is 10.7 Å². The van der Waals surface area contributed by atoms with Crippen molar-refractivity contribution in [3.8, 4) is 0 Å². The van der Waals surface area contributed by atoms with Crippen molar-refractivity contribution in [2.24, 2.45) is 5.73 Å². The Morgan fingerprint density at radius 3 is 2.94 bits per heavy atom. The second-order valence-electron chi connectivity index (χ2n) is 5.24. The smallest absolute Gasteiger partial charge is 0.211 e. The molecule has 4 heteroatoms. The number of hydrogen-bond donors (Lipinski definition) is 1. The molecule has 96 valence electrons. The fraction of sp³-hybridized carbons (Fsp3) is 0.769. The molecule has 2 unspecified atom stereocenters. The van der Waals surface area contributed by atoms with E-state index >= 15 is 0 Å². The molecule has 2 rings (SSSR count). The molecule has 2 heterocycles. The van der Waals surface area contributed by atoms with Crippen LogP contribution in [-0.2, 0) is 0 Å². The normalized spacial score (nSPS) is 23.5. The Kier molecular flexibility index (Phi) is 3.84. The van der Waals surface area contributed by atoms with E-state index in [0.717, 1.165) is 24.6 Å². The lowest BCUT2D eigenvalue weighted by Gasteiger charge is -2.25. The third-order valence-corrected chi connectivity index (χ3v) is 3.64. The van der Waals surface area contributed by atoms with Crippen LogP contribution in [0.25, 0.3) is 0 Å². The highest BCUT2D eigenvalue weighted by Crippen LogP contribution is 2.33. The van der Waals surface area contributed by atoms with E-state index in [1.54, 1.807) is 6.26 Å². The molecule has 1 aromatic rings. The van der Waals surface area contributed by atoms with Crippen molar-refractivity contribution in [2.45, 2.75) is 51.6 Å². The van der Waals surface area contributed by atoms with Gasteiger partial charge in [-0.25, -0.2) is 4.98 Å². The van der Waals surface area contributed by atoms with Crippen LogP contribution in [-0.4, -0.2) is 29.0 Å². The third-order valence-electron chi connectivity index (χ3n) is 3.64. The lowest BCUT2D eigenvalue weighted by atomic mass is 10.1. The van der Waals surface area contributed by atoms with Gasteiger partial charge in [0.2, 0.25) is 5.89 Å². The zero-order chi connectivity index (χ0) is 12.4. The first-order valence-electron chi connectivity index (χ1n) is 6.54. The van der Waals surface area contributed by atoms with Crippen LogP contribution in [0.2, 0.25) is 0 Å². The van der Waals surface area contributed by atoms with Gasteiger partial charge in [-0.15, -0.1) is 0 Å². The highest BCUT2D eigenvalue weighted by molar-refractivity contribution is 5.07. The molecule has 1 fully saturated rings. The minimum atomic E-state index is 0.279. The zero-order valence-corrected chi connectivity index (χ0v) is 11.0. The predicted octanol–water partition coefficient (Wildman–Crippen LogP) is 2.28. The number of nitrogens with two attached hydrogens (primary N) is 1. The number of rotatable bonds is 4. The van der Waals surface area contributed by atoms with Crippen molar-refractivity contribution in [2.75, 3.05) is 13.1 Å². The molecule has 0 aliphatic carbocycles. The summed E-state index contributed by atoms with van der Waals surface area (Å²) >= 11 is 0. The molecule has 1 aliphatic rings. The van der Waals surface area contributed by atoms with E-state index in [0.29, 0.717) is 18.6 Å². The van der Waals surface area contributed by atoms with Crippen LogP contribution in [0.4, 0.5) is 0 Å². The number of likely N-dealkylation sites (tertiary alicyclic amines) is 1. The highest BCUT2D eigenvalue weighted by Gasteiger charge is 2.31. The predicted molar refractivity (Wildman–Crippen MR) is 67.8 cm³/mol. The van der Waals surface area contributed by atoms with Gasteiger partial charge in [0.05, 0.1) is 11.7 Å². The lowest BCUT2D eigenvalue weighted by Crippen LogP contribution is -2.30. The van der Waals surface area contributed by atoms with E-state index in [2.05, 4.69) is 30.7 Å². The van der Waals surface area contributed by atoms with Gasteiger partial charge in [0.1, 0.15) is 6.26 Å². The standard InChI is InChI=1S/C13H23N3O/c1-9(2)16-6-4-5-12(16)13-15-11(8-17-13)10(3)7-14/h8-10,12H,4-7,14H2,1-3H3. The van der Waals surface area contributed by atoms with Crippen molar-refractivity contribution in [1.82, 2.24) is 9.88 Å². The molecule has 2 atom stereocenters. The fourth-order valence-electron chi connectivity index (χ4n) is 2.47. The molecule has 0 bridgehead atoms. The van der Waals surface area contributed by atoms with Crippen LogP contribution in [0.1, 0.15) is 57.2 Å². The van der Waals surface area contributed by atoms with Crippen LogP contribution in [0, 0.1) is 0 Å². The van der Waals surface area contributed by atoms with Crippen molar-refractivity contribution >= 4 is 0 Å². The molecule has 1 aliphatic heterocycles. The van der Waals surface area contributed by atoms with Crippen LogP contribution in [0.5, 0.6) is 0 Å². The summed E-state index contributed by atoms with van der Waals surface area (Å²) in [6, 6.07) is 0.901. The molecular formula is C13H23N3O. The van der Waals surface area contributed by atoms with Gasteiger partial charge in [-0.1, -0.05) is 6.92 Å². The summed E-state index contributed by atoms with van der Waals surface area (Å²) < 4.78 is 5.64. The topological polar surface area (TPSA) is 55.3 Å². The van der Waals surface area contributed by atoms with E-state index in [9.17, 15) is 0 Å². The largest absolute Gasteiger partial charge is 0.447 e. The first kappa shape index (κ1) is 12.6. The van der Waals surface area contributed by atoms with Crippen molar-refractivity contribution in [3.05, 3.63) is 17.8 Å². The van der Waals surface area contributed by atoms with Gasteiger partial charge in [-0.05, 0) is 33.2 Å². The summed E-state index contributed by atoms with van der Waals surface area (Å²) in [4.78, 5) is 7.07. The molecule has 1 aromatic heterocycles. The third kappa shape index (κ3) is 2.53. The number of oxazole rings is 1. The maximum absolute atomic E-state index is 5.65. The molecule has 2 N–H and O–H groups in total. The Labute approximate surface area is 103 Å². The van der Waals surface area contributed by atoms with Gasteiger partial charge < -0.3 is 10.2 Å². The molecule has 17 heavy (non-hydrogen) atoms. The monoisotopic (exact) mass is 237 g/mol. The molecule has 0 spiro atoms. The summed E-state index contributed by atoms with van der Waals surface area (Å²) in [5.41, 5.74) is 6.63. The van der Waals surface area contributed by atoms with Gasteiger partial charge in [-0.2, -0.15) is 0 Å². The van der Waals surface area contributed by atoms with Gasteiger partial charge in [0.25, 0.3) is 0 Å². The van der Waals surface area contributed by atoms with Crippen molar-refractivity contribution in [3.63, 3.8) is 0 Å².